The summed E-state index contributed by atoms with van der Waals surface area (Å²) in [7, 11) is 0. The number of nitrogens with one attached hydrogen (secondary N) is 1. The zero-order chi connectivity index (χ0) is 11.7. The first-order valence-corrected chi connectivity index (χ1v) is 6.09. The topological polar surface area (TPSA) is 64.2 Å². The van der Waals surface area contributed by atoms with E-state index in [1.54, 1.807) is 0 Å². The second-order valence-electron chi connectivity index (χ2n) is 4.67. The largest absolute Gasteiger partial charge is 0.381 e. The molecule has 92 valence electrons. The molecule has 1 aromatic heterocycles. The van der Waals surface area contributed by atoms with Gasteiger partial charge in [-0.25, -0.2) is 4.98 Å². The summed E-state index contributed by atoms with van der Waals surface area (Å²) in [6.45, 7) is 2.66. The van der Waals surface area contributed by atoms with E-state index in [0.29, 0.717) is 24.7 Å². The lowest BCUT2D eigenvalue weighted by Gasteiger charge is -2.16. The summed E-state index contributed by atoms with van der Waals surface area (Å²) in [6.07, 6.45) is 2.61. The van der Waals surface area contributed by atoms with E-state index < -0.39 is 0 Å². The number of hydrogen-bond donors (Lipinski definition) is 1. The van der Waals surface area contributed by atoms with Gasteiger partial charge in [-0.1, -0.05) is 0 Å². The van der Waals surface area contributed by atoms with Crippen molar-refractivity contribution in [3.63, 3.8) is 0 Å². The van der Waals surface area contributed by atoms with Crippen LogP contribution in [0.5, 0.6) is 0 Å². The van der Waals surface area contributed by atoms with Crippen molar-refractivity contribution >= 4 is 0 Å². The monoisotopic (exact) mass is 236 g/mol. The lowest BCUT2D eigenvalue weighted by atomic mass is 10.0. The first kappa shape index (κ1) is 10.9. The van der Waals surface area contributed by atoms with Gasteiger partial charge in [-0.05, 0) is 12.3 Å². The van der Waals surface area contributed by atoms with Crippen molar-refractivity contribution in [2.75, 3.05) is 19.8 Å². The van der Waals surface area contributed by atoms with Crippen LogP contribution in [0.4, 0.5) is 0 Å². The van der Waals surface area contributed by atoms with Crippen molar-refractivity contribution in [3.8, 4) is 0 Å². The molecule has 0 aliphatic carbocycles. The molecule has 0 radical (unpaired) electrons. The predicted molar refractivity (Wildman–Crippen MR) is 60.8 cm³/mol. The Hall–Kier alpha value is -1.20. The molecule has 0 bridgehead atoms. The van der Waals surface area contributed by atoms with Crippen molar-refractivity contribution in [1.29, 1.82) is 0 Å². The SMILES string of the molecule is O=c1[nH]c(CC2CCOC2)nc2c1COCC2. The number of aromatic nitrogens is 2. The highest BCUT2D eigenvalue weighted by Gasteiger charge is 2.20. The first-order chi connectivity index (χ1) is 8.33. The molecule has 1 aromatic rings. The zero-order valence-corrected chi connectivity index (χ0v) is 9.70. The molecule has 3 rings (SSSR count). The molecule has 0 aromatic carbocycles. The maximum absolute atomic E-state index is 11.9. The number of H-pyrrole nitrogens is 1. The van der Waals surface area contributed by atoms with Gasteiger partial charge in [0.05, 0.1) is 24.5 Å². The number of hydrogen-bond acceptors (Lipinski definition) is 4. The van der Waals surface area contributed by atoms with Gasteiger partial charge in [0.15, 0.2) is 0 Å². The summed E-state index contributed by atoms with van der Waals surface area (Å²) >= 11 is 0. The van der Waals surface area contributed by atoms with Crippen LogP contribution in [0.1, 0.15) is 23.5 Å². The van der Waals surface area contributed by atoms with Crippen LogP contribution in [-0.2, 0) is 28.9 Å². The second-order valence-corrected chi connectivity index (χ2v) is 4.67. The molecule has 2 aliphatic heterocycles. The Morgan fingerprint density at radius 1 is 1.35 bits per heavy atom. The van der Waals surface area contributed by atoms with Crippen molar-refractivity contribution in [3.05, 3.63) is 27.4 Å². The summed E-state index contributed by atoms with van der Waals surface area (Å²) in [5.41, 5.74) is 1.57. The average molecular weight is 236 g/mol. The number of aromatic amines is 1. The van der Waals surface area contributed by atoms with Crippen LogP contribution < -0.4 is 5.56 Å². The quantitative estimate of drug-likeness (QED) is 0.808. The van der Waals surface area contributed by atoms with Crippen molar-refractivity contribution in [2.45, 2.75) is 25.9 Å². The molecule has 1 saturated heterocycles. The molecule has 1 N–H and O–H groups in total. The lowest BCUT2D eigenvalue weighted by Crippen LogP contribution is -2.26. The van der Waals surface area contributed by atoms with Crippen LogP contribution >= 0.6 is 0 Å². The van der Waals surface area contributed by atoms with E-state index >= 15 is 0 Å². The Kier molecular flexibility index (Phi) is 2.94. The van der Waals surface area contributed by atoms with Crippen LogP contribution in [0.25, 0.3) is 0 Å². The molecular formula is C12H16N2O3. The average Bonchev–Trinajstić information content (AvgIpc) is 2.82. The predicted octanol–water partition coefficient (Wildman–Crippen LogP) is 0.422. The van der Waals surface area contributed by atoms with Gasteiger partial charge in [0.2, 0.25) is 0 Å². The van der Waals surface area contributed by atoms with Crippen LogP contribution in [0.2, 0.25) is 0 Å². The molecule has 1 unspecified atom stereocenters. The van der Waals surface area contributed by atoms with Crippen LogP contribution in [0.3, 0.4) is 0 Å². The Labute approximate surface area is 99.2 Å². The molecule has 0 saturated carbocycles. The third-order valence-electron chi connectivity index (χ3n) is 3.39. The van der Waals surface area contributed by atoms with E-state index in [1.165, 1.54) is 0 Å². The number of fused-ring (bicyclic) bond motifs is 1. The van der Waals surface area contributed by atoms with Gasteiger partial charge in [0.25, 0.3) is 5.56 Å². The number of ether oxygens (including phenoxy) is 2. The Morgan fingerprint density at radius 2 is 2.29 bits per heavy atom. The Morgan fingerprint density at radius 3 is 3.12 bits per heavy atom. The normalized spacial score (nSPS) is 23.6. The summed E-state index contributed by atoms with van der Waals surface area (Å²) in [6, 6.07) is 0. The van der Waals surface area contributed by atoms with Gasteiger partial charge in [-0.2, -0.15) is 0 Å². The lowest BCUT2D eigenvalue weighted by molar-refractivity contribution is 0.107. The fraction of sp³-hybridized carbons (Fsp3) is 0.667. The Bertz CT molecular complexity index is 463. The molecule has 1 fully saturated rings. The highest BCUT2D eigenvalue weighted by molar-refractivity contribution is 5.19. The molecule has 0 amide bonds. The van der Waals surface area contributed by atoms with E-state index in [1.807, 2.05) is 0 Å². The van der Waals surface area contributed by atoms with Gasteiger partial charge < -0.3 is 14.5 Å². The van der Waals surface area contributed by atoms with E-state index in [2.05, 4.69) is 9.97 Å². The highest BCUT2D eigenvalue weighted by atomic mass is 16.5. The minimum Gasteiger partial charge on any atom is -0.381 e. The Balaban J connectivity index is 1.85. The van der Waals surface area contributed by atoms with Gasteiger partial charge >= 0.3 is 0 Å². The maximum atomic E-state index is 11.9. The first-order valence-electron chi connectivity index (χ1n) is 6.09. The van der Waals surface area contributed by atoms with Gasteiger partial charge in [-0.3, -0.25) is 4.79 Å². The molecular weight excluding hydrogens is 220 g/mol. The van der Waals surface area contributed by atoms with Gasteiger partial charge in [-0.15, -0.1) is 0 Å². The van der Waals surface area contributed by atoms with E-state index in [0.717, 1.165) is 44.0 Å². The van der Waals surface area contributed by atoms with Gasteiger partial charge in [0.1, 0.15) is 5.82 Å². The van der Waals surface area contributed by atoms with Gasteiger partial charge in [0, 0.05) is 26.1 Å². The molecule has 17 heavy (non-hydrogen) atoms. The maximum Gasteiger partial charge on any atom is 0.256 e. The summed E-state index contributed by atoms with van der Waals surface area (Å²) < 4.78 is 10.6. The van der Waals surface area contributed by atoms with Crippen molar-refractivity contribution in [2.24, 2.45) is 5.92 Å². The number of nitrogens with zero attached hydrogens (tertiary/aromatic N) is 1. The van der Waals surface area contributed by atoms with E-state index in [4.69, 9.17) is 9.47 Å². The molecule has 1 atom stereocenters. The number of rotatable bonds is 2. The molecule has 5 nitrogen and oxygen atoms in total. The molecule has 2 aliphatic rings. The minimum atomic E-state index is -0.0383. The minimum absolute atomic E-state index is 0.0383. The molecule has 5 heteroatoms. The summed E-state index contributed by atoms with van der Waals surface area (Å²) in [5, 5.41) is 0. The van der Waals surface area contributed by atoms with Crippen LogP contribution in [0.15, 0.2) is 4.79 Å². The highest BCUT2D eigenvalue weighted by Crippen LogP contribution is 2.17. The summed E-state index contributed by atoms with van der Waals surface area (Å²) in [5.74, 6) is 1.29. The third kappa shape index (κ3) is 2.25. The standard InChI is InChI=1S/C12H16N2O3/c15-12-9-7-17-4-2-10(9)13-11(14-12)5-8-1-3-16-6-8/h8H,1-7H2,(H,13,14,15). The third-order valence-corrected chi connectivity index (χ3v) is 3.39. The molecule has 3 heterocycles. The van der Waals surface area contributed by atoms with Crippen LogP contribution in [-0.4, -0.2) is 29.8 Å². The van der Waals surface area contributed by atoms with Crippen molar-refractivity contribution in [1.82, 2.24) is 9.97 Å². The zero-order valence-electron chi connectivity index (χ0n) is 9.70. The van der Waals surface area contributed by atoms with E-state index in [-0.39, 0.29) is 5.56 Å². The fourth-order valence-electron chi connectivity index (χ4n) is 2.41. The van der Waals surface area contributed by atoms with E-state index in [9.17, 15) is 4.79 Å². The smallest absolute Gasteiger partial charge is 0.256 e. The fourth-order valence-corrected chi connectivity index (χ4v) is 2.41. The summed E-state index contributed by atoms with van der Waals surface area (Å²) in [4.78, 5) is 19.3. The van der Waals surface area contributed by atoms with Crippen LogP contribution in [0, 0.1) is 5.92 Å². The molecule has 0 spiro atoms. The van der Waals surface area contributed by atoms with Crippen molar-refractivity contribution < 1.29 is 9.47 Å². The second kappa shape index (κ2) is 4.58.